The van der Waals surface area contributed by atoms with E-state index in [0.717, 1.165) is 48.4 Å². The number of hydrogen-bond acceptors (Lipinski definition) is 3. The highest BCUT2D eigenvalue weighted by molar-refractivity contribution is 6.00. The molecule has 2 heterocycles. The number of rotatable bonds is 6. The molecule has 2 aromatic heterocycles. The van der Waals surface area contributed by atoms with Crippen molar-refractivity contribution in [2.45, 2.75) is 59.0 Å². The van der Waals surface area contributed by atoms with Gasteiger partial charge in [0.15, 0.2) is 5.58 Å². The zero-order chi connectivity index (χ0) is 22.0. The van der Waals surface area contributed by atoms with Gasteiger partial charge in [0, 0.05) is 30.4 Å². The Morgan fingerprint density at radius 3 is 2.65 bits per heavy atom. The van der Waals surface area contributed by atoms with Gasteiger partial charge in [-0.2, -0.15) is 0 Å². The standard InChI is InChI=1S/C25H31N3O3/c1-4-27(20-7-5-6-18(3)14-20)24(29)16-28-21-12-13-31-23(21)15-22(28)25(30)26-19-10-8-17(2)9-11-19/h5-7,12-15,17,19H,4,8-11,16H2,1-3H3,(H,26,30)/t17-,19-. The largest absolute Gasteiger partial charge is 0.463 e. The van der Waals surface area contributed by atoms with Gasteiger partial charge in [0.2, 0.25) is 5.91 Å². The van der Waals surface area contributed by atoms with Crippen LogP contribution in [0.2, 0.25) is 0 Å². The van der Waals surface area contributed by atoms with Crippen LogP contribution in [0.15, 0.2) is 47.1 Å². The summed E-state index contributed by atoms with van der Waals surface area (Å²) in [5.41, 5.74) is 3.82. The van der Waals surface area contributed by atoms with E-state index in [1.807, 2.05) is 44.2 Å². The number of hydrogen-bond donors (Lipinski definition) is 1. The summed E-state index contributed by atoms with van der Waals surface area (Å²) in [6.45, 7) is 6.87. The lowest BCUT2D eigenvalue weighted by molar-refractivity contribution is -0.119. The fourth-order valence-electron chi connectivity index (χ4n) is 4.52. The number of carbonyl (C=O) groups is 2. The van der Waals surface area contributed by atoms with E-state index in [1.54, 1.807) is 21.8 Å². The van der Waals surface area contributed by atoms with E-state index >= 15 is 0 Å². The molecule has 1 saturated carbocycles. The molecule has 0 bridgehead atoms. The Labute approximate surface area is 183 Å². The zero-order valence-electron chi connectivity index (χ0n) is 18.6. The second kappa shape index (κ2) is 9.00. The third-order valence-corrected chi connectivity index (χ3v) is 6.33. The van der Waals surface area contributed by atoms with Gasteiger partial charge in [-0.3, -0.25) is 9.59 Å². The van der Waals surface area contributed by atoms with Crippen molar-refractivity contribution in [2.75, 3.05) is 11.4 Å². The number of fused-ring (bicyclic) bond motifs is 1. The first-order valence-electron chi connectivity index (χ1n) is 11.2. The van der Waals surface area contributed by atoms with Crippen LogP contribution >= 0.6 is 0 Å². The van der Waals surface area contributed by atoms with Crippen LogP contribution < -0.4 is 10.2 Å². The second-order valence-electron chi connectivity index (χ2n) is 8.69. The molecular weight excluding hydrogens is 390 g/mol. The van der Waals surface area contributed by atoms with E-state index in [9.17, 15) is 9.59 Å². The van der Waals surface area contributed by atoms with Gasteiger partial charge in [-0.05, 0) is 63.1 Å². The normalized spacial score (nSPS) is 18.8. The third-order valence-electron chi connectivity index (χ3n) is 6.33. The molecule has 6 heteroatoms. The molecule has 0 saturated heterocycles. The quantitative estimate of drug-likeness (QED) is 0.615. The number of carbonyl (C=O) groups excluding carboxylic acids is 2. The molecule has 31 heavy (non-hydrogen) atoms. The van der Waals surface area contributed by atoms with Crippen molar-refractivity contribution in [1.82, 2.24) is 9.88 Å². The maximum Gasteiger partial charge on any atom is 0.268 e. The first-order valence-corrected chi connectivity index (χ1v) is 11.2. The molecule has 3 aromatic rings. The summed E-state index contributed by atoms with van der Waals surface area (Å²) in [4.78, 5) is 28.1. The van der Waals surface area contributed by atoms with Crippen molar-refractivity contribution in [3.05, 3.63) is 53.9 Å². The summed E-state index contributed by atoms with van der Waals surface area (Å²) < 4.78 is 7.31. The van der Waals surface area contributed by atoms with Crippen molar-refractivity contribution in [2.24, 2.45) is 5.92 Å². The predicted octanol–water partition coefficient (Wildman–Crippen LogP) is 4.90. The molecule has 0 unspecified atom stereocenters. The number of likely N-dealkylation sites (N-methyl/N-ethyl adjacent to an activating group) is 1. The Bertz CT molecular complexity index is 1070. The number of benzene rings is 1. The van der Waals surface area contributed by atoms with E-state index in [-0.39, 0.29) is 24.4 Å². The van der Waals surface area contributed by atoms with Crippen molar-refractivity contribution >= 4 is 28.6 Å². The molecule has 4 rings (SSSR count). The van der Waals surface area contributed by atoms with Gasteiger partial charge in [-0.1, -0.05) is 19.1 Å². The first kappa shape index (κ1) is 21.2. The van der Waals surface area contributed by atoms with E-state index in [1.165, 1.54) is 0 Å². The molecule has 6 nitrogen and oxygen atoms in total. The fraction of sp³-hybridized carbons (Fsp3) is 0.440. The zero-order valence-corrected chi connectivity index (χ0v) is 18.6. The molecular formula is C25H31N3O3. The minimum atomic E-state index is -0.141. The number of anilines is 1. The van der Waals surface area contributed by atoms with Crippen molar-refractivity contribution in [1.29, 1.82) is 0 Å². The monoisotopic (exact) mass is 421 g/mol. The summed E-state index contributed by atoms with van der Waals surface area (Å²) in [6, 6.07) is 11.6. The summed E-state index contributed by atoms with van der Waals surface area (Å²) in [5.74, 6) is 0.517. The highest BCUT2D eigenvalue weighted by atomic mass is 16.3. The van der Waals surface area contributed by atoms with Crippen molar-refractivity contribution in [3.8, 4) is 0 Å². The van der Waals surface area contributed by atoms with Gasteiger partial charge in [-0.15, -0.1) is 0 Å². The van der Waals surface area contributed by atoms with Gasteiger partial charge < -0.3 is 19.2 Å². The molecule has 0 aliphatic heterocycles. The van der Waals surface area contributed by atoms with Crippen LogP contribution in [0.25, 0.3) is 11.1 Å². The maximum atomic E-state index is 13.3. The van der Waals surface area contributed by atoms with Gasteiger partial charge >= 0.3 is 0 Å². The predicted molar refractivity (Wildman–Crippen MR) is 122 cm³/mol. The molecule has 0 radical (unpaired) electrons. The Morgan fingerprint density at radius 1 is 1.16 bits per heavy atom. The Hall–Kier alpha value is -3.02. The Morgan fingerprint density at radius 2 is 1.94 bits per heavy atom. The number of aryl methyl sites for hydroxylation is 1. The van der Waals surface area contributed by atoms with Crippen LogP contribution in [-0.4, -0.2) is 29.0 Å². The van der Waals surface area contributed by atoms with E-state index in [0.29, 0.717) is 17.8 Å². The molecule has 164 valence electrons. The number of furan rings is 1. The molecule has 1 aromatic carbocycles. The van der Waals surface area contributed by atoms with Crippen LogP contribution in [0.1, 0.15) is 55.6 Å². The minimum Gasteiger partial charge on any atom is -0.463 e. The van der Waals surface area contributed by atoms with Crippen LogP contribution in [0.5, 0.6) is 0 Å². The van der Waals surface area contributed by atoms with Gasteiger partial charge in [0.25, 0.3) is 5.91 Å². The smallest absolute Gasteiger partial charge is 0.268 e. The lowest BCUT2D eigenvalue weighted by atomic mass is 9.87. The van der Waals surface area contributed by atoms with Crippen molar-refractivity contribution < 1.29 is 14.0 Å². The average molecular weight is 422 g/mol. The number of nitrogens with zero attached hydrogens (tertiary/aromatic N) is 2. The maximum absolute atomic E-state index is 13.3. The summed E-state index contributed by atoms with van der Waals surface area (Å²) >= 11 is 0. The van der Waals surface area contributed by atoms with Crippen LogP contribution in [0.3, 0.4) is 0 Å². The number of aromatic nitrogens is 1. The average Bonchev–Trinajstić information content (AvgIpc) is 3.33. The van der Waals surface area contributed by atoms with Gasteiger partial charge in [-0.25, -0.2) is 0 Å². The highest BCUT2D eigenvalue weighted by Crippen LogP contribution is 2.26. The van der Waals surface area contributed by atoms with E-state index in [4.69, 9.17) is 4.42 Å². The lowest BCUT2D eigenvalue weighted by Gasteiger charge is -2.27. The van der Waals surface area contributed by atoms with E-state index < -0.39 is 0 Å². The van der Waals surface area contributed by atoms with Crippen LogP contribution in [0.4, 0.5) is 5.69 Å². The molecule has 2 amide bonds. The molecule has 1 N–H and O–H groups in total. The minimum absolute atomic E-state index is 0.0626. The molecule has 0 spiro atoms. The van der Waals surface area contributed by atoms with Crippen molar-refractivity contribution in [3.63, 3.8) is 0 Å². The van der Waals surface area contributed by atoms with Gasteiger partial charge in [0.1, 0.15) is 12.2 Å². The lowest BCUT2D eigenvalue weighted by Crippen LogP contribution is -2.39. The molecule has 1 aliphatic rings. The Balaban J connectivity index is 1.57. The summed E-state index contributed by atoms with van der Waals surface area (Å²) in [7, 11) is 0. The molecule has 0 atom stereocenters. The second-order valence-corrected chi connectivity index (χ2v) is 8.69. The van der Waals surface area contributed by atoms with Gasteiger partial charge in [0.05, 0.1) is 11.8 Å². The SMILES string of the molecule is CCN(C(=O)Cn1c(C(=O)N[C@H]2CC[C@H](C)CC2)cc2occc21)c1cccc(C)c1. The molecule has 1 aliphatic carbocycles. The number of nitrogens with one attached hydrogen (secondary N) is 1. The highest BCUT2D eigenvalue weighted by Gasteiger charge is 2.25. The first-order chi connectivity index (χ1) is 15.0. The van der Waals surface area contributed by atoms with Crippen LogP contribution in [-0.2, 0) is 11.3 Å². The summed E-state index contributed by atoms with van der Waals surface area (Å²) in [5, 5.41) is 3.18. The summed E-state index contributed by atoms with van der Waals surface area (Å²) in [6.07, 6.45) is 5.86. The fourth-order valence-corrected chi connectivity index (χ4v) is 4.52. The van der Waals surface area contributed by atoms with Crippen LogP contribution in [0, 0.1) is 12.8 Å². The number of amides is 2. The third kappa shape index (κ3) is 4.53. The van der Waals surface area contributed by atoms with E-state index in [2.05, 4.69) is 12.2 Å². The topological polar surface area (TPSA) is 67.5 Å². The molecule has 1 fully saturated rings. The Kier molecular flexibility index (Phi) is 6.16.